The third-order valence-electron chi connectivity index (χ3n) is 4.85. The van der Waals surface area contributed by atoms with Crippen LogP contribution < -0.4 is 11.2 Å². The Balaban J connectivity index is 2.41. The zero-order valence-electron chi connectivity index (χ0n) is 14.6. The number of hydrogen-bond acceptors (Lipinski definition) is 6. The van der Waals surface area contributed by atoms with E-state index >= 15 is 0 Å². The van der Waals surface area contributed by atoms with Gasteiger partial charge < -0.3 is 19.4 Å². The molecule has 2 heterocycles. The average Bonchev–Trinajstić information content (AvgIpc) is 2.74. The smallest absolute Gasteiger partial charge is 0.330 e. The van der Waals surface area contributed by atoms with Gasteiger partial charge in [-0.2, -0.15) is 0 Å². The number of nitrogens with one attached hydrogen (secondary N) is 1. The normalized spacial score (nSPS) is 28.3. The molecule has 1 aromatic heterocycles. The van der Waals surface area contributed by atoms with Crippen LogP contribution in [0.1, 0.15) is 27.0 Å². The summed E-state index contributed by atoms with van der Waals surface area (Å²) < 4.78 is 13.1. The highest BCUT2D eigenvalue weighted by molar-refractivity contribution is 6.74. The summed E-state index contributed by atoms with van der Waals surface area (Å²) >= 11 is 0. The van der Waals surface area contributed by atoms with Gasteiger partial charge in [0.15, 0.2) is 14.5 Å². The highest BCUT2D eigenvalue weighted by Gasteiger charge is 2.50. The molecule has 1 aliphatic rings. The number of hydrogen-bond donors (Lipinski definition) is 3. The molecule has 0 aromatic carbocycles. The van der Waals surface area contributed by atoms with E-state index in [1.165, 1.54) is 16.8 Å². The SMILES string of the molecule is CC(C)(C)[Si](C)(C)OC1C(O)[C@H](CO)O[C@@H]1n1ccc(=O)[nH]c1=O. The number of aliphatic hydroxyl groups excluding tert-OH is 2. The molecule has 1 aliphatic heterocycles. The van der Waals surface area contributed by atoms with Gasteiger partial charge in [-0.25, -0.2) is 4.79 Å². The van der Waals surface area contributed by atoms with E-state index in [1.807, 2.05) is 13.1 Å². The maximum absolute atomic E-state index is 12.1. The van der Waals surface area contributed by atoms with Crippen LogP contribution in [0.2, 0.25) is 18.1 Å². The number of ether oxygens (including phenoxy) is 1. The van der Waals surface area contributed by atoms with Crippen molar-refractivity contribution in [3.63, 3.8) is 0 Å². The standard InChI is InChI=1S/C15H26N2O6Si/c1-15(2,3)24(4,5)23-12-11(20)9(8-18)22-13(12)17-7-6-10(19)16-14(17)21/h6-7,9,11-13,18,20H,8H2,1-5H3,(H,16,19,21)/t9-,11?,12?,13-/m0/s1. The van der Waals surface area contributed by atoms with Gasteiger partial charge in [-0.05, 0) is 18.1 Å². The van der Waals surface area contributed by atoms with Crippen molar-refractivity contribution in [2.24, 2.45) is 0 Å². The molecule has 4 atom stereocenters. The van der Waals surface area contributed by atoms with Gasteiger partial charge in [0.05, 0.1) is 6.61 Å². The molecular weight excluding hydrogens is 332 g/mol. The number of aromatic nitrogens is 2. The van der Waals surface area contributed by atoms with Crippen LogP contribution in [0.3, 0.4) is 0 Å². The first kappa shape index (κ1) is 19.1. The van der Waals surface area contributed by atoms with E-state index in [1.54, 1.807) is 0 Å². The predicted octanol–water partition coefficient (Wildman–Crippen LogP) is 0.178. The van der Waals surface area contributed by atoms with E-state index in [2.05, 4.69) is 25.8 Å². The Morgan fingerprint density at radius 1 is 1.38 bits per heavy atom. The fraction of sp³-hybridized carbons (Fsp3) is 0.733. The minimum absolute atomic E-state index is 0.107. The van der Waals surface area contributed by atoms with Crippen LogP contribution in [0, 0.1) is 0 Å². The molecule has 136 valence electrons. The molecule has 0 aliphatic carbocycles. The Kier molecular flexibility index (Phi) is 5.21. The second-order valence-electron chi connectivity index (χ2n) is 7.60. The third-order valence-corrected chi connectivity index (χ3v) is 9.33. The molecule has 0 bridgehead atoms. The maximum atomic E-state index is 12.1. The van der Waals surface area contributed by atoms with E-state index in [4.69, 9.17) is 9.16 Å². The molecule has 1 saturated heterocycles. The van der Waals surface area contributed by atoms with Crippen molar-refractivity contribution in [2.75, 3.05) is 6.61 Å². The number of H-pyrrole nitrogens is 1. The molecule has 0 spiro atoms. The molecule has 2 unspecified atom stereocenters. The lowest BCUT2D eigenvalue weighted by molar-refractivity contribution is -0.0534. The van der Waals surface area contributed by atoms with E-state index in [-0.39, 0.29) is 5.04 Å². The van der Waals surface area contributed by atoms with Gasteiger partial charge in [-0.3, -0.25) is 14.3 Å². The first-order chi connectivity index (χ1) is 11.0. The van der Waals surface area contributed by atoms with Gasteiger partial charge in [0.1, 0.15) is 18.3 Å². The lowest BCUT2D eigenvalue weighted by Gasteiger charge is -2.40. The summed E-state index contributed by atoms with van der Waals surface area (Å²) in [7, 11) is -2.27. The summed E-state index contributed by atoms with van der Waals surface area (Å²) in [6, 6.07) is 1.20. The molecule has 8 nitrogen and oxygen atoms in total. The van der Waals surface area contributed by atoms with Crippen molar-refractivity contribution in [3.05, 3.63) is 33.1 Å². The average molecular weight is 358 g/mol. The Morgan fingerprint density at radius 3 is 2.50 bits per heavy atom. The third kappa shape index (κ3) is 3.54. The summed E-state index contributed by atoms with van der Waals surface area (Å²) in [5, 5.41) is 19.8. The minimum atomic E-state index is -2.27. The lowest BCUT2D eigenvalue weighted by atomic mass is 10.1. The van der Waals surface area contributed by atoms with E-state index in [9.17, 15) is 19.8 Å². The van der Waals surface area contributed by atoms with E-state index in [0.717, 1.165) is 0 Å². The van der Waals surface area contributed by atoms with Gasteiger partial charge in [0.25, 0.3) is 5.56 Å². The summed E-state index contributed by atoms with van der Waals surface area (Å²) in [5.41, 5.74) is -1.17. The first-order valence-corrected chi connectivity index (χ1v) is 10.8. The van der Waals surface area contributed by atoms with Crippen molar-refractivity contribution in [1.29, 1.82) is 0 Å². The second-order valence-corrected chi connectivity index (χ2v) is 12.4. The molecule has 1 aromatic rings. The van der Waals surface area contributed by atoms with Crippen LogP contribution in [-0.2, 0) is 9.16 Å². The van der Waals surface area contributed by atoms with Crippen LogP contribution >= 0.6 is 0 Å². The minimum Gasteiger partial charge on any atom is -0.407 e. The Bertz CT molecular complexity index is 692. The number of aliphatic hydroxyl groups is 2. The van der Waals surface area contributed by atoms with Crippen molar-refractivity contribution in [1.82, 2.24) is 9.55 Å². The van der Waals surface area contributed by atoms with Crippen molar-refractivity contribution < 1.29 is 19.4 Å². The van der Waals surface area contributed by atoms with E-state index < -0.39 is 50.7 Å². The molecule has 1 fully saturated rings. The quantitative estimate of drug-likeness (QED) is 0.662. The second kappa shape index (κ2) is 6.56. The summed E-state index contributed by atoms with van der Waals surface area (Å²) in [4.78, 5) is 25.5. The van der Waals surface area contributed by atoms with E-state index in [0.29, 0.717) is 0 Å². The number of nitrogens with zero attached hydrogens (tertiary/aromatic N) is 1. The van der Waals surface area contributed by atoms with Gasteiger partial charge in [0.2, 0.25) is 0 Å². The fourth-order valence-corrected chi connectivity index (χ4v) is 3.65. The molecule has 3 N–H and O–H groups in total. The van der Waals surface area contributed by atoms with Gasteiger partial charge in [-0.15, -0.1) is 0 Å². The summed E-state index contributed by atoms with van der Waals surface area (Å²) in [6.07, 6.45) is -2.36. The van der Waals surface area contributed by atoms with Crippen molar-refractivity contribution in [3.8, 4) is 0 Å². The zero-order chi connectivity index (χ0) is 18.3. The molecular formula is C15H26N2O6Si. The predicted molar refractivity (Wildman–Crippen MR) is 90.4 cm³/mol. The highest BCUT2D eigenvalue weighted by atomic mass is 28.4. The number of rotatable bonds is 4. The Hall–Kier alpha value is -1.26. The van der Waals surface area contributed by atoms with Crippen LogP contribution in [0.15, 0.2) is 21.9 Å². The largest absolute Gasteiger partial charge is 0.407 e. The summed E-state index contributed by atoms with van der Waals surface area (Å²) in [6.45, 7) is 9.84. The molecule has 9 heteroatoms. The van der Waals surface area contributed by atoms with Crippen LogP contribution in [-0.4, -0.2) is 53.0 Å². The Labute approximate surface area is 141 Å². The van der Waals surface area contributed by atoms with Crippen LogP contribution in [0.5, 0.6) is 0 Å². The van der Waals surface area contributed by atoms with Crippen molar-refractivity contribution >= 4 is 8.32 Å². The zero-order valence-corrected chi connectivity index (χ0v) is 15.6. The molecule has 0 amide bonds. The maximum Gasteiger partial charge on any atom is 0.330 e. The lowest BCUT2D eigenvalue weighted by Crippen LogP contribution is -2.49. The van der Waals surface area contributed by atoms with Crippen LogP contribution in [0.4, 0.5) is 0 Å². The molecule has 0 radical (unpaired) electrons. The fourth-order valence-electron chi connectivity index (χ4n) is 2.36. The van der Waals surface area contributed by atoms with Crippen molar-refractivity contribution in [2.45, 2.75) is 63.4 Å². The first-order valence-electron chi connectivity index (χ1n) is 7.91. The molecule has 0 saturated carbocycles. The monoisotopic (exact) mass is 358 g/mol. The Morgan fingerprint density at radius 2 is 2.00 bits per heavy atom. The topological polar surface area (TPSA) is 114 Å². The van der Waals surface area contributed by atoms with Gasteiger partial charge in [0, 0.05) is 12.3 Å². The van der Waals surface area contributed by atoms with Gasteiger partial charge >= 0.3 is 5.69 Å². The summed E-state index contributed by atoms with van der Waals surface area (Å²) in [5.74, 6) is 0. The van der Waals surface area contributed by atoms with Gasteiger partial charge in [-0.1, -0.05) is 20.8 Å². The van der Waals surface area contributed by atoms with Crippen LogP contribution in [0.25, 0.3) is 0 Å². The highest BCUT2D eigenvalue weighted by Crippen LogP contribution is 2.41. The molecule has 24 heavy (non-hydrogen) atoms. The number of aromatic amines is 1. The molecule has 2 rings (SSSR count).